The van der Waals surface area contributed by atoms with Crippen LogP contribution in [-0.2, 0) is 4.79 Å². The normalized spacial score (nSPS) is 27.0. The fourth-order valence-corrected chi connectivity index (χ4v) is 5.86. The Balaban J connectivity index is 1.26. The number of anilines is 1. The Bertz CT molecular complexity index is 952. The molecule has 31 heavy (non-hydrogen) atoms. The lowest BCUT2D eigenvalue weighted by atomic mass is 9.72. The first-order valence-corrected chi connectivity index (χ1v) is 11.7. The maximum atomic E-state index is 13.4. The van der Waals surface area contributed by atoms with Crippen molar-refractivity contribution in [1.29, 1.82) is 5.26 Å². The average Bonchev–Trinajstić information content (AvgIpc) is 3.49. The Morgan fingerprint density at radius 2 is 1.97 bits per heavy atom. The molecule has 3 fully saturated rings. The van der Waals surface area contributed by atoms with Gasteiger partial charge in [0.05, 0.1) is 6.26 Å². The molecule has 0 radical (unpaired) electrons. The van der Waals surface area contributed by atoms with Gasteiger partial charge < -0.3 is 18.6 Å². The topological polar surface area (TPSA) is 86.5 Å². The fourth-order valence-electron chi connectivity index (χ4n) is 5.86. The summed E-state index contributed by atoms with van der Waals surface area (Å²) in [7, 11) is 0. The maximum absolute atomic E-state index is 13.4. The highest BCUT2D eigenvalue weighted by Gasteiger charge is 2.41. The highest BCUT2D eigenvalue weighted by Crippen LogP contribution is 2.40. The standard InChI is InChI=1S/C24H30N4O3/c1-16-8-13-28(20-6-3-2-5-18(16)20)23(29)17-9-11-27(12-10-17)24-19(15-25)26-22(31-24)21-7-4-14-30-21/h4,7,14,16-18,20H,2-3,5-6,8-13H2,1H3. The quantitative estimate of drug-likeness (QED) is 0.726. The van der Waals surface area contributed by atoms with Crippen molar-refractivity contribution < 1.29 is 13.6 Å². The van der Waals surface area contributed by atoms with Gasteiger partial charge in [0.2, 0.25) is 17.5 Å². The van der Waals surface area contributed by atoms with E-state index in [9.17, 15) is 10.1 Å². The van der Waals surface area contributed by atoms with Gasteiger partial charge in [-0.3, -0.25) is 4.79 Å². The zero-order valence-corrected chi connectivity index (χ0v) is 18.1. The zero-order valence-electron chi connectivity index (χ0n) is 18.1. The zero-order chi connectivity index (χ0) is 21.4. The molecule has 0 bridgehead atoms. The van der Waals surface area contributed by atoms with Crippen molar-refractivity contribution in [3.8, 4) is 17.7 Å². The van der Waals surface area contributed by atoms with Crippen molar-refractivity contribution in [1.82, 2.24) is 9.88 Å². The molecule has 3 aliphatic rings. The largest absolute Gasteiger partial charge is 0.459 e. The number of nitriles is 1. The number of rotatable bonds is 3. The number of carbonyl (C=O) groups excluding carboxylic acids is 1. The lowest BCUT2D eigenvalue weighted by Gasteiger charge is -2.48. The van der Waals surface area contributed by atoms with Crippen LogP contribution in [0.2, 0.25) is 0 Å². The van der Waals surface area contributed by atoms with Crippen LogP contribution in [0, 0.1) is 29.1 Å². The van der Waals surface area contributed by atoms with E-state index in [0.717, 1.165) is 31.7 Å². The Morgan fingerprint density at radius 1 is 1.16 bits per heavy atom. The number of likely N-dealkylation sites (tertiary alicyclic amines) is 1. The molecule has 0 N–H and O–H groups in total. The van der Waals surface area contributed by atoms with Gasteiger partial charge in [-0.05, 0) is 56.1 Å². The molecule has 2 aromatic rings. The Kier molecular flexibility index (Phi) is 5.47. The third kappa shape index (κ3) is 3.73. The van der Waals surface area contributed by atoms with Crippen molar-refractivity contribution >= 4 is 11.8 Å². The van der Waals surface area contributed by atoms with Crippen LogP contribution in [0.3, 0.4) is 0 Å². The van der Waals surface area contributed by atoms with Gasteiger partial charge in [-0.15, -0.1) is 0 Å². The van der Waals surface area contributed by atoms with Crippen molar-refractivity contribution in [2.24, 2.45) is 17.8 Å². The summed E-state index contributed by atoms with van der Waals surface area (Å²) in [6.45, 7) is 4.66. The van der Waals surface area contributed by atoms with Crippen molar-refractivity contribution in [2.75, 3.05) is 24.5 Å². The molecule has 164 valence electrons. The monoisotopic (exact) mass is 422 g/mol. The number of hydrogen-bond donors (Lipinski definition) is 0. The Labute approximate surface area is 183 Å². The lowest BCUT2D eigenvalue weighted by molar-refractivity contribution is -0.144. The van der Waals surface area contributed by atoms with E-state index in [0.29, 0.717) is 48.5 Å². The number of fused-ring (bicyclic) bond motifs is 1. The van der Waals surface area contributed by atoms with E-state index in [1.807, 2.05) is 4.90 Å². The molecule has 2 aromatic heterocycles. The number of nitrogens with zero attached hydrogens (tertiary/aromatic N) is 4. The SMILES string of the molecule is CC1CCN(C(=O)C2CCN(c3oc(-c4ccco4)nc3C#N)CC2)C2CCCCC12. The van der Waals surface area contributed by atoms with E-state index in [4.69, 9.17) is 8.83 Å². The third-order valence-electron chi connectivity index (χ3n) is 7.60. The Hall–Kier alpha value is -2.75. The second-order valence-corrected chi connectivity index (χ2v) is 9.34. The summed E-state index contributed by atoms with van der Waals surface area (Å²) >= 11 is 0. The molecular formula is C24H30N4O3. The molecule has 2 aliphatic heterocycles. The van der Waals surface area contributed by atoms with Crippen LogP contribution in [-0.4, -0.2) is 41.5 Å². The van der Waals surface area contributed by atoms with Crippen molar-refractivity contribution in [3.05, 3.63) is 24.1 Å². The van der Waals surface area contributed by atoms with Crippen molar-refractivity contribution in [2.45, 2.75) is 57.9 Å². The number of furan rings is 1. The van der Waals surface area contributed by atoms with Crippen molar-refractivity contribution in [3.63, 3.8) is 0 Å². The number of carbonyl (C=O) groups is 1. The smallest absolute Gasteiger partial charge is 0.266 e. The first kappa shape index (κ1) is 20.2. The van der Waals surface area contributed by atoms with Gasteiger partial charge >= 0.3 is 0 Å². The van der Waals surface area contributed by atoms with E-state index in [1.165, 1.54) is 25.7 Å². The van der Waals surface area contributed by atoms with E-state index < -0.39 is 0 Å². The van der Waals surface area contributed by atoms with E-state index in [2.05, 4.69) is 22.9 Å². The molecule has 1 aliphatic carbocycles. The summed E-state index contributed by atoms with van der Waals surface area (Å²) in [6, 6.07) is 6.10. The third-order valence-corrected chi connectivity index (χ3v) is 7.60. The molecule has 2 saturated heterocycles. The number of aromatic nitrogens is 1. The lowest BCUT2D eigenvalue weighted by Crippen LogP contribution is -2.54. The second-order valence-electron chi connectivity index (χ2n) is 9.34. The number of amides is 1. The predicted molar refractivity (Wildman–Crippen MR) is 115 cm³/mol. The minimum Gasteiger partial charge on any atom is -0.459 e. The highest BCUT2D eigenvalue weighted by atomic mass is 16.4. The highest BCUT2D eigenvalue weighted by molar-refractivity contribution is 5.79. The molecule has 3 atom stereocenters. The van der Waals surface area contributed by atoms with Gasteiger partial charge in [-0.25, -0.2) is 0 Å². The summed E-state index contributed by atoms with van der Waals surface area (Å²) in [4.78, 5) is 22.0. The molecular weight excluding hydrogens is 392 g/mol. The predicted octanol–water partition coefficient (Wildman–Crippen LogP) is 4.45. The van der Waals surface area contributed by atoms with Gasteiger partial charge in [0.25, 0.3) is 5.89 Å². The molecule has 1 amide bonds. The second kappa shape index (κ2) is 8.41. The fraction of sp³-hybridized carbons (Fsp3) is 0.625. The first-order valence-electron chi connectivity index (χ1n) is 11.7. The van der Waals surface area contributed by atoms with E-state index in [-0.39, 0.29) is 11.6 Å². The maximum Gasteiger partial charge on any atom is 0.266 e. The molecule has 5 rings (SSSR count). The minimum absolute atomic E-state index is 0.0604. The number of piperidine rings is 2. The number of oxazole rings is 1. The van der Waals surface area contributed by atoms with Crippen LogP contribution >= 0.6 is 0 Å². The van der Waals surface area contributed by atoms with Crippen LogP contribution in [0.4, 0.5) is 5.88 Å². The average molecular weight is 423 g/mol. The van der Waals surface area contributed by atoms with E-state index in [1.54, 1.807) is 18.4 Å². The Morgan fingerprint density at radius 3 is 2.71 bits per heavy atom. The minimum atomic E-state index is 0.0604. The van der Waals surface area contributed by atoms with Gasteiger partial charge in [-0.1, -0.05) is 19.8 Å². The molecule has 7 heteroatoms. The molecule has 0 aromatic carbocycles. The summed E-state index contributed by atoms with van der Waals surface area (Å²) in [5.41, 5.74) is 0.270. The molecule has 3 unspecified atom stereocenters. The summed E-state index contributed by atoms with van der Waals surface area (Å²) < 4.78 is 11.2. The van der Waals surface area contributed by atoms with Crippen LogP contribution in [0.5, 0.6) is 0 Å². The summed E-state index contributed by atoms with van der Waals surface area (Å²) in [6.07, 6.45) is 9.24. The summed E-state index contributed by atoms with van der Waals surface area (Å²) in [5, 5.41) is 9.51. The van der Waals surface area contributed by atoms with Crippen LogP contribution in [0.15, 0.2) is 27.2 Å². The van der Waals surface area contributed by atoms with Crippen LogP contribution in [0.25, 0.3) is 11.7 Å². The van der Waals surface area contributed by atoms with Gasteiger partial charge in [-0.2, -0.15) is 10.2 Å². The van der Waals surface area contributed by atoms with Gasteiger partial charge in [0.1, 0.15) is 6.07 Å². The number of hydrogen-bond acceptors (Lipinski definition) is 6. The van der Waals surface area contributed by atoms with Gasteiger partial charge in [0, 0.05) is 31.6 Å². The van der Waals surface area contributed by atoms with E-state index >= 15 is 0 Å². The summed E-state index contributed by atoms with van der Waals surface area (Å²) in [5.74, 6) is 3.13. The van der Waals surface area contributed by atoms with Gasteiger partial charge in [0.15, 0.2) is 5.76 Å². The molecule has 0 spiro atoms. The molecule has 7 nitrogen and oxygen atoms in total. The van der Waals surface area contributed by atoms with Crippen LogP contribution in [0.1, 0.15) is 57.6 Å². The molecule has 4 heterocycles. The molecule has 1 saturated carbocycles. The van der Waals surface area contributed by atoms with Crippen LogP contribution < -0.4 is 4.90 Å². The first-order chi connectivity index (χ1) is 15.2.